The summed E-state index contributed by atoms with van der Waals surface area (Å²) in [6.07, 6.45) is 1.39. The lowest BCUT2D eigenvalue weighted by Crippen LogP contribution is -2.16. The van der Waals surface area contributed by atoms with Crippen LogP contribution in [0.3, 0.4) is 0 Å². The van der Waals surface area contributed by atoms with Crippen LogP contribution in [-0.4, -0.2) is 25.0 Å². The number of fused-ring (bicyclic) bond motifs is 1. The Labute approximate surface area is 221 Å². The molecule has 0 atom stereocenters. The summed E-state index contributed by atoms with van der Waals surface area (Å²) in [5.74, 6) is -1.54. The molecule has 0 aromatic heterocycles. The van der Waals surface area contributed by atoms with Crippen molar-refractivity contribution in [3.63, 3.8) is 0 Å². The molecule has 0 unspecified atom stereocenters. The number of hydrogen-bond donors (Lipinski definition) is 1. The molecule has 0 aliphatic heterocycles. The first-order valence-electron chi connectivity index (χ1n) is 11.0. The quantitative estimate of drug-likeness (QED) is 0.132. The predicted octanol–water partition coefficient (Wildman–Crippen LogP) is 6.15. The van der Waals surface area contributed by atoms with Gasteiger partial charge in [-0.2, -0.15) is 5.26 Å². The lowest BCUT2D eigenvalue weighted by atomic mass is 10.0. The number of nitriles is 1. The molecule has 0 saturated heterocycles. The van der Waals surface area contributed by atoms with E-state index < -0.39 is 17.8 Å². The fourth-order valence-corrected chi connectivity index (χ4v) is 4.11. The number of carbonyl (C=O) groups excluding carboxylic acids is 3. The molecule has 37 heavy (non-hydrogen) atoms. The van der Waals surface area contributed by atoms with Gasteiger partial charge in [-0.05, 0) is 68.7 Å². The SMILES string of the molecule is COC(=O)c1ccccc1NC(=O)C(C#N)=Cc1ccc(OC(=O)c2cccc3ccccc23)c(Br)c1. The summed E-state index contributed by atoms with van der Waals surface area (Å²) in [5, 5.41) is 13.8. The molecule has 1 N–H and O–H groups in total. The number of carbonyl (C=O) groups is 3. The van der Waals surface area contributed by atoms with Gasteiger partial charge in [-0.25, -0.2) is 9.59 Å². The van der Waals surface area contributed by atoms with Gasteiger partial charge in [0.25, 0.3) is 5.91 Å². The van der Waals surface area contributed by atoms with Crippen LogP contribution in [0.2, 0.25) is 0 Å². The van der Waals surface area contributed by atoms with Crippen molar-refractivity contribution < 1.29 is 23.9 Å². The molecule has 0 aliphatic carbocycles. The first-order valence-corrected chi connectivity index (χ1v) is 11.8. The summed E-state index contributed by atoms with van der Waals surface area (Å²) in [5.41, 5.74) is 1.15. The normalized spacial score (nSPS) is 10.9. The van der Waals surface area contributed by atoms with E-state index in [-0.39, 0.29) is 22.6 Å². The van der Waals surface area contributed by atoms with Gasteiger partial charge >= 0.3 is 11.9 Å². The highest BCUT2D eigenvalue weighted by atomic mass is 79.9. The number of nitrogens with one attached hydrogen (secondary N) is 1. The van der Waals surface area contributed by atoms with Crippen molar-refractivity contribution in [2.45, 2.75) is 0 Å². The van der Waals surface area contributed by atoms with Gasteiger partial charge in [0.15, 0.2) is 0 Å². The Balaban J connectivity index is 1.53. The molecule has 0 aliphatic rings. The van der Waals surface area contributed by atoms with Crippen LogP contribution < -0.4 is 10.1 Å². The number of nitrogens with zero attached hydrogens (tertiary/aromatic N) is 1. The van der Waals surface area contributed by atoms with Gasteiger partial charge in [-0.15, -0.1) is 0 Å². The number of para-hydroxylation sites is 1. The van der Waals surface area contributed by atoms with Crippen molar-refractivity contribution in [1.29, 1.82) is 5.26 Å². The van der Waals surface area contributed by atoms with Crippen LogP contribution >= 0.6 is 15.9 Å². The number of rotatable bonds is 6. The zero-order valence-corrected chi connectivity index (χ0v) is 21.1. The maximum Gasteiger partial charge on any atom is 0.344 e. The monoisotopic (exact) mass is 554 g/mol. The second-order valence-electron chi connectivity index (χ2n) is 7.77. The number of esters is 2. The molecule has 0 radical (unpaired) electrons. The molecule has 0 spiro atoms. The standard InChI is InChI=1S/C29H19BrN2O5/c1-36-28(34)23-10-4-5-12-25(23)32-27(33)20(17-31)15-18-13-14-26(24(30)16-18)37-29(35)22-11-6-8-19-7-2-3-9-21(19)22/h2-16H,1H3,(H,32,33). The maximum absolute atomic E-state index is 12.9. The van der Waals surface area contributed by atoms with E-state index >= 15 is 0 Å². The molecule has 8 heteroatoms. The van der Waals surface area contributed by atoms with Crippen molar-refractivity contribution >= 4 is 56.3 Å². The van der Waals surface area contributed by atoms with Gasteiger partial charge < -0.3 is 14.8 Å². The molecule has 0 fully saturated rings. The van der Waals surface area contributed by atoms with Crippen LogP contribution in [0.4, 0.5) is 5.69 Å². The van der Waals surface area contributed by atoms with Gasteiger partial charge in [0.2, 0.25) is 0 Å². The smallest absolute Gasteiger partial charge is 0.344 e. The van der Waals surface area contributed by atoms with E-state index in [4.69, 9.17) is 9.47 Å². The van der Waals surface area contributed by atoms with Crippen LogP contribution in [-0.2, 0) is 9.53 Å². The van der Waals surface area contributed by atoms with E-state index in [1.54, 1.807) is 42.5 Å². The summed E-state index contributed by atoms with van der Waals surface area (Å²) >= 11 is 3.39. The molecular formula is C29H19BrN2O5. The highest BCUT2D eigenvalue weighted by Crippen LogP contribution is 2.29. The Bertz CT molecular complexity index is 1600. The van der Waals surface area contributed by atoms with E-state index in [0.29, 0.717) is 15.6 Å². The van der Waals surface area contributed by atoms with Gasteiger partial charge in [0.05, 0.1) is 28.4 Å². The lowest BCUT2D eigenvalue weighted by Gasteiger charge is -2.10. The van der Waals surface area contributed by atoms with Gasteiger partial charge in [-0.3, -0.25) is 4.79 Å². The van der Waals surface area contributed by atoms with E-state index in [0.717, 1.165) is 10.8 Å². The Kier molecular flexibility index (Phi) is 7.77. The molecule has 0 heterocycles. The summed E-state index contributed by atoms with van der Waals surface area (Å²) in [4.78, 5) is 37.6. The first kappa shape index (κ1) is 25.4. The van der Waals surface area contributed by atoms with E-state index in [9.17, 15) is 19.6 Å². The number of methoxy groups -OCH3 is 1. The second kappa shape index (κ2) is 11.3. The van der Waals surface area contributed by atoms with Crippen LogP contribution in [0.5, 0.6) is 5.75 Å². The minimum Gasteiger partial charge on any atom is -0.465 e. The van der Waals surface area contributed by atoms with Crippen LogP contribution in [0.1, 0.15) is 26.3 Å². The third-order valence-corrected chi connectivity index (χ3v) is 6.04. The van der Waals surface area contributed by atoms with Crippen molar-refractivity contribution in [2.75, 3.05) is 12.4 Å². The van der Waals surface area contributed by atoms with Crippen molar-refractivity contribution in [3.05, 3.63) is 112 Å². The minimum atomic E-state index is -0.693. The zero-order chi connectivity index (χ0) is 26.4. The fourth-order valence-electron chi connectivity index (χ4n) is 3.63. The Hall–Kier alpha value is -4.74. The Morgan fingerprint density at radius 3 is 2.35 bits per heavy atom. The molecule has 7 nitrogen and oxygen atoms in total. The van der Waals surface area contributed by atoms with Gasteiger partial charge in [0, 0.05) is 0 Å². The number of anilines is 1. The summed E-state index contributed by atoms with van der Waals surface area (Å²) in [6, 6.07) is 25.9. The number of amides is 1. The number of benzene rings is 4. The Morgan fingerprint density at radius 1 is 0.892 bits per heavy atom. The fraction of sp³-hybridized carbons (Fsp3) is 0.0345. The molecule has 1 amide bonds. The van der Waals surface area contributed by atoms with Crippen LogP contribution in [0.25, 0.3) is 16.8 Å². The number of hydrogen-bond acceptors (Lipinski definition) is 6. The van der Waals surface area contributed by atoms with Crippen molar-refractivity contribution in [1.82, 2.24) is 0 Å². The highest BCUT2D eigenvalue weighted by molar-refractivity contribution is 9.10. The van der Waals surface area contributed by atoms with E-state index in [1.807, 2.05) is 36.4 Å². The summed E-state index contributed by atoms with van der Waals surface area (Å²) in [6.45, 7) is 0. The second-order valence-corrected chi connectivity index (χ2v) is 8.62. The van der Waals surface area contributed by atoms with Gasteiger partial charge in [0.1, 0.15) is 17.4 Å². The highest BCUT2D eigenvalue weighted by Gasteiger charge is 2.17. The third-order valence-electron chi connectivity index (χ3n) is 5.42. The maximum atomic E-state index is 12.9. The lowest BCUT2D eigenvalue weighted by molar-refractivity contribution is -0.112. The molecule has 0 bridgehead atoms. The minimum absolute atomic E-state index is 0.163. The molecule has 182 valence electrons. The average molecular weight is 555 g/mol. The van der Waals surface area contributed by atoms with Crippen molar-refractivity contribution in [3.8, 4) is 11.8 Å². The molecular weight excluding hydrogens is 536 g/mol. The third kappa shape index (κ3) is 5.74. The zero-order valence-electron chi connectivity index (χ0n) is 19.5. The number of halogens is 1. The molecule has 4 aromatic carbocycles. The molecule has 0 saturated carbocycles. The average Bonchev–Trinajstić information content (AvgIpc) is 2.92. The predicted molar refractivity (Wildman–Crippen MR) is 143 cm³/mol. The van der Waals surface area contributed by atoms with E-state index in [1.165, 1.54) is 25.3 Å². The summed E-state index contributed by atoms with van der Waals surface area (Å²) in [7, 11) is 1.24. The largest absolute Gasteiger partial charge is 0.465 e. The van der Waals surface area contributed by atoms with E-state index in [2.05, 4.69) is 21.2 Å². The first-order chi connectivity index (χ1) is 17.9. The Morgan fingerprint density at radius 2 is 1.59 bits per heavy atom. The van der Waals surface area contributed by atoms with Crippen LogP contribution in [0, 0.1) is 11.3 Å². The topological polar surface area (TPSA) is 105 Å². The number of ether oxygens (including phenoxy) is 2. The van der Waals surface area contributed by atoms with Crippen molar-refractivity contribution in [2.24, 2.45) is 0 Å². The van der Waals surface area contributed by atoms with Crippen LogP contribution in [0.15, 0.2) is 95.0 Å². The van der Waals surface area contributed by atoms with Gasteiger partial charge in [-0.1, -0.05) is 54.6 Å². The summed E-state index contributed by atoms with van der Waals surface area (Å²) < 4.78 is 10.8. The molecule has 4 aromatic rings. The molecule has 4 rings (SSSR count).